The van der Waals surface area contributed by atoms with Crippen molar-refractivity contribution in [3.05, 3.63) is 11.9 Å². The highest BCUT2D eigenvalue weighted by Gasteiger charge is 2.22. The SMILES string of the molecule is CC1CCCC1NCc1cn(CCCO)nn1. The number of nitrogens with zero attached hydrogens (tertiary/aromatic N) is 3. The predicted octanol–water partition coefficient (Wildman–Crippen LogP) is 0.939. The summed E-state index contributed by atoms with van der Waals surface area (Å²) >= 11 is 0. The van der Waals surface area contributed by atoms with Gasteiger partial charge in [0.15, 0.2) is 0 Å². The van der Waals surface area contributed by atoms with Crippen LogP contribution in [0.25, 0.3) is 0 Å². The number of rotatable bonds is 6. The molecule has 1 heterocycles. The molecule has 2 rings (SSSR count). The molecule has 1 saturated carbocycles. The Hall–Kier alpha value is -0.940. The lowest BCUT2D eigenvalue weighted by Gasteiger charge is -2.15. The average molecular weight is 238 g/mol. The van der Waals surface area contributed by atoms with Gasteiger partial charge < -0.3 is 10.4 Å². The Bertz CT molecular complexity index is 339. The molecule has 2 N–H and O–H groups in total. The summed E-state index contributed by atoms with van der Waals surface area (Å²) in [6.45, 7) is 4.05. The molecule has 0 saturated heterocycles. The highest BCUT2D eigenvalue weighted by Crippen LogP contribution is 2.24. The van der Waals surface area contributed by atoms with Crippen molar-refractivity contribution in [1.82, 2.24) is 20.3 Å². The van der Waals surface area contributed by atoms with E-state index in [9.17, 15) is 0 Å². The summed E-state index contributed by atoms with van der Waals surface area (Å²) in [6, 6.07) is 0.637. The largest absolute Gasteiger partial charge is 0.396 e. The summed E-state index contributed by atoms with van der Waals surface area (Å²) in [5.41, 5.74) is 0.988. The third-order valence-corrected chi connectivity index (χ3v) is 3.54. The lowest BCUT2D eigenvalue weighted by Crippen LogP contribution is -2.30. The van der Waals surface area contributed by atoms with Gasteiger partial charge in [-0.2, -0.15) is 0 Å². The first-order valence-corrected chi connectivity index (χ1v) is 6.53. The van der Waals surface area contributed by atoms with Gasteiger partial charge in [0, 0.05) is 31.9 Å². The fourth-order valence-corrected chi connectivity index (χ4v) is 2.45. The van der Waals surface area contributed by atoms with Gasteiger partial charge in [0.05, 0.1) is 5.69 Å². The van der Waals surface area contributed by atoms with Crippen molar-refractivity contribution < 1.29 is 5.11 Å². The summed E-state index contributed by atoms with van der Waals surface area (Å²) in [4.78, 5) is 0. The number of aromatic nitrogens is 3. The van der Waals surface area contributed by atoms with Crippen LogP contribution in [0.5, 0.6) is 0 Å². The fraction of sp³-hybridized carbons (Fsp3) is 0.833. The van der Waals surface area contributed by atoms with Crippen molar-refractivity contribution in [2.75, 3.05) is 6.61 Å². The van der Waals surface area contributed by atoms with Gasteiger partial charge >= 0.3 is 0 Å². The molecule has 0 amide bonds. The second-order valence-electron chi connectivity index (χ2n) is 4.95. The highest BCUT2D eigenvalue weighted by atomic mass is 16.3. The van der Waals surface area contributed by atoms with Gasteiger partial charge in [-0.15, -0.1) is 5.10 Å². The maximum atomic E-state index is 8.74. The Morgan fingerprint density at radius 2 is 2.41 bits per heavy atom. The lowest BCUT2D eigenvalue weighted by atomic mass is 10.1. The number of hydrogen-bond acceptors (Lipinski definition) is 4. The van der Waals surface area contributed by atoms with Crippen molar-refractivity contribution in [2.45, 2.75) is 51.7 Å². The van der Waals surface area contributed by atoms with Crippen LogP contribution in [-0.2, 0) is 13.1 Å². The molecular weight excluding hydrogens is 216 g/mol. The molecule has 1 aromatic rings. The molecule has 0 radical (unpaired) electrons. The van der Waals surface area contributed by atoms with Crippen molar-refractivity contribution in [1.29, 1.82) is 0 Å². The zero-order valence-electron chi connectivity index (χ0n) is 10.5. The maximum absolute atomic E-state index is 8.74. The van der Waals surface area contributed by atoms with Crippen molar-refractivity contribution in [2.24, 2.45) is 5.92 Å². The molecule has 0 spiro atoms. The summed E-state index contributed by atoms with van der Waals surface area (Å²) in [7, 11) is 0. The smallest absolute Gasteiger partial charge is 0.0964 e. The molecule has 2 unspecified atom stereocenters. The first-order chi connectivity index (χ1) is 8.29. The van der Waals surface area contributed by atoms with E-state index in [0.717, 1.165) is 31.1 Å². The van der Waals surface area contributed by atoms with Gasteiger partial charge in [0.1, 0.15) is 0 Å². The summed E-state index contributed by atoms with van der Waals surface area (Å²) in [6.07, 6.45) is 6.64. The zero-order chi connectivity index (χ0) is 12.1. The summed E-state index contributed by atoms with van der Waals surface area (Å²) in [5.74, 6) is 0.777. The van der Waals surface area contributed by atoms with Crippen LogP contribution in [0, 0.1) is 5.92 Å². The van der Waals surface area contributed by atoms with E-state index in [1.54, 1.807) is 4.68 Å². The lowest BCUT2D eigenvalue weighted by molar-refractivity contribution is 0.276. The molecule has 2 atom stereocenters. The predicted molar refractivity (Wildman–Crippen MR) is 65.4 cm³/mol. The third kappa shape index (κ3) is 3.51. The molecule has 1 aliphatic carbocycles. The topological polar surface area (TPSA) is 63.0 Å². The second kappa shape index (κ2) is 6.12. The van der Waals surface area contributed by atoms with E-state index < -0.39 is 0 Å². The number of hydrogen-bond donors (Lipinski definition) is 2. The van der Waals surface area contributed by atoms with Crippen LogP contribution in [0.4, 0.5) is 0 Å². The molecule has 5 nitrogen and oxygen atoms in total. The van der Waals surface area contributed by atoms with Crippen LogP contribution in [0.1, 0.15) is 38.3 Å². The number of aliphatic hydroxyl groups excluding tert-OH is 1. The molecule has 96 valence electrons. The number of aliphatic hydroxyl groups is 1. The monoisotopic (exact) mass is 238 g/mol. The Balaban J connectivity index is 1.76. The number of nitrogens with one attached hydrogen (secondary N) is 1. The molecule has 0 bridgehead atoms. The minimum absolute atomic E-state index is 0.201. The van der Waals surface area contributed by atoms with E-state index in [-0.39, 0.29) is 6.61 Å². The minimum atomic E-state index is 0.201. The van der Waals surface area contributed by atoms with Crippen LogP contribution in [0.2, 0.25) is 0 Å². The Morgan fingerprint density at radius 1 is 1.53 bits per heavy atom. The quantitative estimate of drug-likeness (QED) is 0.774. The fourth-order valence-electron chi connectivity index (χ4n) is 2.45. The normalized spacial score (nSPS) is 24.4. The highest BCUT2D eigenvalue weighted by molar-refractivity contribution is 4.93. The molecule has 1 fully saturated rings. The third-order valence-electron chi connectivity index (χ3n) is 3.54. The van der Waals surface area contributed by atoms with Crippen LogP contribution >= 0.6 is 0 Å². The van der Waals surface area contributed by atoms with E-state index in [1.165, 1.54) is 19.3 Å². The maximum Gasteiger partial charge on any atom is 0.0964 e. The van der Waals surface area contributed by atoms with Crippen molar-refractivity contribution in [3.8, 4) is 0 Å². The molecular formula is C12H22N4O. The number of aryl methyl sites for hydroxylation is 1. The molecule has 17 heavy (non-hydrogen) atoms. The van der Waals surface area contributed by atoms with E-state index >= 15 is 0 Å². The van der Waals surface area contributed by atoms with Gasteiger partial charge in [-0.05, 0) is 25.2 Å². The summed E-state index contributed by atoms with van der Waals surface area (Å²) in [5, 5.41) is 20.4. The standard InChI is InChI=1S/C12H22N4O/c1-10-4-2-5-12(10)13-8-11-9-16(15-14-11)6-3-7-17/h9-10,12-13,17H,2-8H2,1H3. The van der Waals surface area contributed by atoms with Crippen LogP contribution in [-0.4, -0.2) is 32.7 Å². The van der Waals surface area contributed by atoms with Gasteiger partial charge in [-0.3, -0.25) is 4.68 Å². The van der Waals surface area contributed by atoms with Gasteiger partial charge in [-0.1, -0.05) is 18.6 Å². The van der Waals surface area contributed by atoms with E-state index in [2.05, 4.69) is 22.6 Å². The van der Waals surface area contributed by atoms with Crippen LogP contribution in [0.3, 0.4) is 0 Å². The second-order valence-corrected chi connectivity index (χ2v) is 4.95. The van der Waals surface area contributed by atoms with E-state index in [4.69, 9.17) is 5.11 Å². The van der Waals surface area contributed by atoms with Crippen LogP contribution < -0.4 is 5.32 Å². The Morgan fingerprint density at radius 3 is 3.12 bits per heavy atom. The molecule has 0 aromatic carbocycles. The summed E-state index contributed by atoms with van der Waals surface area (Å²) < 4.78 is 1.80. The zero-order valence-corrected chi connectivity index (χ0v) is 10.5. The molecule has 0 aliphatic heterocycles. The van der Waals surface area contributed by atoms with Crippen molar-refractivity contribution in [3.63, 3.8) is 0 Å². The first kappa shape index (κ1) is 12.5. The Labute approximate surface area is 102 Å². The van der Waals surface area contributed by atoms with Gasteiger partial charge in [-0.25, -0.2) is 0 Å². The first-order valence-electron chi connectivity index (χ1n) is 6.53. The molecule has 5 heteroatoms. The van der Waals surface area contributed by atoms with E-state index in [0.29, 0.717) is 6.04 Å². The Kier molecular flexibility index (Phi) is 4.50. The molecule has 1 aromatic heterocycles. The molecule has 1 aliphatic rings. The van der Waals surface area contributed by atoms with Crippen LogP contribution in [0.15, 0.2) is 6.20 Å². The minimum Gasteiger partial charge on any atom is -0.396 e. The van der Waals surface area contributed by atoms with Gasteiger partial charge in [0.25, 0.3) is 0 Å². The van der Waals surface area contributed by atoms with E-state index in [1.807, 2.05) is 6.20 Å². The van der Waals surface area contributed by atoms with Gasteiger partial charge in [0.2, 0.25) is 0 Å². The van der Waals surface area contributed by atoms with Crippen molar-refractivity contribution >= 4 is 0 Å². The average Bonchev–Trinajstić information content (AvgIpc) is 2.93.